The van der Waals surface area contributed by atoms with Gasteiger partial charge < -0.3 is 9.80 Å². The lowest BCUT2D eigenvalue weighted by molar-refractivity contribution is 0.0497. The van der Waals surface area contributed by atoms with Gasteiger partial charge in [-0.25, -0.2) is 0 Å². The first-order chi connectivity index (χ1) is 14.7. The second-order valence-corrected chi connectivity index (χ2v) is 11.2. The molecule has 0 atom stereocenters. The highest BCUT2D eigenvalue weighted by molar-refractivity contribution is 8.00. The van der Waals surface area contributed by atoms with Crippen LogP contribution in [0.1, 0.15) is 65.5 Å². The minimum Gasteiger partial charge on any atom is -0.338 e. The Labute approximate surface area is 190 Å². The number of carbonyl (C=O) groups is 2. The van der Waals surface area contributed by atoms with Crippen LogP contribution in [-0.4, -0.2) is 51.9 Å². The number of likely N-dealkylation sites (tertiary alicyclic amines) is 1. The average molecular weight is 437 g/mol. The van der Waals surface area contributed by atoms with Gasteiger partial charge in [0.2, 0.25) is 0 Å². The van der Waals surface area contributed by atoms with E-state index in [1.165, 1.54) is 5.56 Å². The molecule has 2 aromatic carbocycles. The zero-order chi connectivity index (χ0) is 22.2. The molecular formula is C26H32N2O2S. The van der Waals surface area contributed by atoms with E-state index < -0.39 is 0 Å². The molecule has 4 nitrogen and oxygen atoms in total. The summed E-state index contributed by atoms with van der Waals surface area (Å²) in [6, 6.07) is 15.9. The van der Waals surface area contributed by atoms with E-state index >= 15 is 0 Å². The largest absolute Gasteiger partial charge is 0.338 e. The minimum absolute atomic E-state index is 0.0755. The fourth-order valence-electron chi connectivity index (χ4n) is 4.60. The van der Waals surface area contributed by atoms with Crippen molar-refractivity contribution in [3.63, 3.8) is 0 Å². The first-order valence-electron chi connectivity index (χ1n) is 11.1. The molecule has 0 N–H and O–H groups in total. The Balaban J connectivity index is 1.44. The zero-order valence-electron chi connectivity index (χ0n) is 19.0. The number of piperidine rings is 1. The molecule has 0 aromatic heterocycles. The van der Waals surface area contributed by atoms with Crippen molar-refractivity contribution in [1.29, 1.82) is 0 Å². The van der Waals surface area contributed by atoms with Crippen molar-refractivity contribution in [3.8, 4) is 0 Å². The summed E-state index contributed by atoms with van der Waals surface area (Å²) < 4.78 is 0. The van der Waals surface area contributed by atoms with Crippen LogP contribution in [0.3, 0.4) is 0 Å². The molecule has 2 saturated heterocycles. The summed E-state index contributed by atoms with van der Waals surface area (Å²) in [4.78, 5) is 30.2. The average Bonchev–Trinajstić information content (AvgIpc) is 3.15. The van der Waals surface area contributed by atoms with E-state index in [1.54, 1.807) is 0 Å². The highest BCUT2D eigenvalue weighted by atomic mass is 32.2. The van der Waals surface area contributed by atoms with Crippen LogP contribution in [0.25, 0.3) is 0 Å². The van der Waals surface area contributed by atoms with Crippen LogP contribution >= 0.6 is 11.8 Å². The van der Waals surface area contributed by atoms with E-state index in [0.29, 0.717) is 13.1 Å². The van der Waals surface area contributed by atoms with Gasteiger partial charge in [-0.15, -0.1) is 11.8 Å². The molecule has 0 bridgehead atoms. The number of benzene rings is 2. The van der Waals surface area contributed by atoms with Crippen molar-refractivity contribution >= 4 is 23.6 Å². The number of nitrogens with zero attached hydrogens (tertiary/aromatic N) is 2. The fraction of sp³-hybridized carbons (Fsp3) is 0.462. The first kappa shape index (κ1) is 21.9. The number of carbonyl (C=O) groups excluding carboxylic acids is 2. The van der Waals surface area contributed by atoms with Gasteiger partial charge in [0.1, 0.15) is 0 Å². The Hall–Kier alpha value is -2.27. The highest BCUT2D eigenvalue weighted by Gasteiger charge is 2.47. The summed E-state index contributed by atoms with van der Waals surface area (Å²) in [7, 11) is 0. The van der Waals surface area contributed by atoms with Crippen molar-refractivity contribution in [2.24, 2.45) is 0 Å². The maximum atomic E-state index is 13.3. The van der Waals surface area contributed by atoms with Crippen LogP contribution in [0.15, 0.2) is 48.5 Å². The van der Waals surface area contributed by atoms with Crippen molar-refractivity contribution in [1.82, 2.24) is 9.80 Å². The third-order valence-corrected chi connectivity index (χ3v) is 8.07. The second-order valence-electron chi connectivity index (χ2n) is 9.74. The summed E-state index contributed by atoms with van der Waals surface area (Å²) in [6.45, 7) is 10.7. The number of amides is 2. The van der Waals surface area contributed by atoms with Gasteiger partial charge in [-0.1, -0.05) is 50.6 Å². The van der Waals surface area contributed by atoms with Gasteiger partial charge in [-0.05, 0) is 55.0 Å². The van der Waals surface area contributed by atoms with Crippen molar-refractivity contribution < 1.29 is 9.59 Å². The summed E-state index contributed by atoms with van der Waals surface area (Å²) >= 11 is 1.88. The zero-order valence-corrected chi connectivity index (χ0v) is 19.8. The van der Waals surface area contributed by atoms with Crippen LogP contribution in [0.4, 0.5) is 0 Å². The Morgan fingerprint density at radius 3 is 2.19 bits per heavy atom. The lowest BCUT2D eigenvalue weighted by Crippen LogP contribution is -2.53. The molecule has 1 spiro atoms. The van der Waals surface area contributed by atoms with Crippen LogP contribution < -0.4 is 0 Å². The number of rotatable bonds is 2. The molecule has 2 aliphatic heterocycles. The Morgan fingerprint density at radius 1 is 0.903 bits per heavy atom. The van der Waals surface area contributed by atoms with Crippen molar-refractivity contribution in [3.05, 3.63) is 70.8 Å². The van der Waals surface area contributed by atoms with Crippen LogP contribution in [0, 0.1) is 6.92 Å². The van der Waals surface area contributed by atoms with Gasteiger partial charge in [0.15, 0.2) is 0 Å². The Kier molecular flexibility index (Phi) is 5.91. The molecular weight excluding hydrogens is 404 g/mol. The molecule has 2 aliphatic rings. The number of hydrogen-bond donors (Lipinski definition) is 0. The van der Waals surface area contributed by atoms with Crippen molar-refractivity contribution in [2.75, 3.05) is 25.4 Å². The lowest BCUT2D eigenvalue weighted by atomic mass is 9.86. The number of hydrogen-bond acceptors (Lipinski definition) is 3. The molecule has 2 fully saturated rings. The predicted octanol–water partition coefficient (Wildman–Crippen LogP) is 5.11. The molecule has 4 rings (SSSR count). The second kappa shape index (κ2) is 8.34. The van der Waals surface area contributed by atoms with E-state index in [-0.39, 0.29) is 22.1 Å². The molecule has 5 heteroatoms. The fourth-order valence-corrected chi connectivity index (χ4v) is 6.05. The van der Waals surface area contributed by atoms with E-state index in [0.717, 1.165) is 41.8 Å². The van der Waals surface area contributed by atoms with E-state index in [2.05, 4.69) is 37.8 Å². The molecule has 0 aliphatic carbocycles. The highest BCUT2D eigenvalue weighted by Crippen LogP contribution is 2.44. The SMILES string of the molecule is Cc1cccc(C(=O)N2CCSC23CCN(C(=O)c2ccc(C(C)(C)C)cc2)CC3)c1. The summed E-state index contributed by atoms with van der Waals surface area (Å²) in [5.41, 5.74) is 3.92. The predicted molar refractivity (Wildman–Crippen MR) is 128 cm³/mol. The molecule has 2 amide bonds. The summed E-state index contributed by atoms with van der Waals surface area (Å²) in [5.74, 6) is 1.17. The van der Waals surface area contributed by atoms with Crippen LogP contribution in [-0.2, 0) is 5.41 Å². The first-order valence-corrected chi connectivity index (χ1v) is 12.1. The monoisotopic (exact) mass is 436 g/mol. The minimum atomic E-state index is -0.187. The topological polar surface area (TPSA) is 40.6 Å². The smallest absolute Gasteiger partial charge is 0.255 e. The molecule has 164 valence electrons. The van der Waals surface area contributed by atoms with E-state index in [1.807, 2.05) is 60.0 Å². The maximum absolute atomic E-state index is 13.3. The van der Waals surface area contributed by atoms with E-state index in [9.17, 15) is 9.59 Å². The molecule has 31 heavy (non-hydrogen) atoms. The van der Waals surface area contributed by atoms with Gasteiger partial charge in [0.05, 0.1) is 4.87 Å². The van der Waals surface area contributed by atoms with Gasteiger partial charge in [-0.2, -0.15) is 0 Å². The molecule has 2 heterocycles. The van der Waals surface area contributed by atoms with Gasteiger partial charge in [0, 0.05) is 36.5 Å². The van der Waals surface area contributed by atoms with Crippen LogP contribution in [0.2, 0.25) is 0 Å². The number of thioether (sulfide) groups is 1. The Bertz CT molecular complexity index is 970. The summed E-state index contributed by atoms with van der Waals surface area (Å²) in [6.07, 6.45) is 1.64. The normalized spacial score (nSPS) is 18.5. The third-order valence-electron chi connectivity index (χ3n) is 6.52. The molecule has 2 aromatic rings. The van der Waals surface area contributed by atoms with Crippen LogP contribution in [0.5, 0.6) is 0 Å². The quantitative estimate of drug-likeness (QED) is 0.656. The summed E-state index contributed by atoms with van der Waals surface area (Å²) in [5, 5.41) is 0. The third kappa shape index (κ3) is 4.38. The Morgan fingerprint density at radius 2 is 1.58 bits per heavy atom. The lowest BCUT2D eigenvalue weighted by Gasteiger charge is -2.44. The molecule has 0 unspecified atom stereocenters. The van der Waals surface area contributed by atoms with Gasteiger partial charge in [0.25, 0.3) is 11.8 Å². The van der Waals surface area contributed by atoms with Gasteiger partial charge >= 0.3 is 0 Å². The molecule has 0 saturated carbocycles. The molecule has 0 radical (unpaired) electrons. The van der Waals surface area contributed by atoms with E-state index in [4.69, 9.17) is 0 Å². The van der Waals surface area contributed by atoms with Gasteiger partial charge in [-0.3, -0.25) is 9.59 Å². The number of aryl methyl sites for hydroxylation is 1. The standard InChI is InChI=1S/C26H32N2O2S/c1-19-6-5-7-21(18-19)24(30)28-16-17-31-26(28)12-14-27(15-13-26)23(29)20-8-10-22(11-9-20)25(2,3)4/h5-11,18H,12-17H2,1-4H3. The van der Waals surface area contributed by atoms with Crippen molar-refractivity contribution in [2.45, 2.75) is 50.8 Å². The maximum Gasteiger partial charge on any atom is 0.255 e.